The standard InChI is InChI=1S/C10H18N2O3S/c1-10(2)9(13)12(16(10,14)15)8-5-3-4-7(8)6-11/h7-8H,3-6,11H2,1-2H3. The normalized spacial score (nSPS) is 36.2. The maximum atomic E-state index is 12.0. The smallest absolute Gasteiger partial charge is 0.259 e. The number of carbonyl (C=O) groups is 1. The van der Waals surface area contributed by atoms with E-state index in [2.05, 4.69) is 0 Å². The maximum absolute atomic E-state index is 12.0. The van der Waals surface area contributed by atoms with Gasteiger partial charge in [-0.1, -0.05) is 6.42 Å². The molecule has 0 aromatic rings. The molecule has 0 aromatic heterocycles. The highest BCUT2D eigenvalue weighted by Crippen LogP contribution is 2.42. The molecule has 0 spiro atoms. The first-order valence-corrected chi connectivity index (χ1v) is 7.06. The summed E-state index contributed by atoms with van der Waals surface area (Å²) in [5, 5.41) is 0. The average molecular weight is 246 g/mol. The van der Waals surface area contributed by atoms with E-state index in [4.69, 9.17) is 5.73 Å². The Morgan fingerprint density at radius 3 is 2.56 bits per heavy atom. The van der Waals surface area contributed by atoms with Crippen molar-refractivity contribution in [2.24, 2.45) is 11.7 Å². The van der Waals surface area contributed by atoms with Gasteiger partial charge in [-0.25, -0.2) is 12.7 Å². The predicted octanol–water partition coefficient (Wildman–Crippen LogP) is 0.0644. The third kappa shape index (κ3) is 1.26. The molecule has 2 N–H and O–H groups in total. The summed E-state index contributed by atoms with van der Waals surface area (Å²) < 4.78 is 23.8. The summed E-state index contributed by atoms with van der Waals surface area (Å²) in [6.45, 7) is 3.38. The Labute approximate surface area is 96.0 Å². The molecule has 2 fully saturated rings. The van der Waals surface area contributed by atoms with Crippen LogP contribution in [0.3, 0.4) is 0 Å². The molecule has 0 aromatic carbocycles. The molecule has 2 unspecified atom stereocenters. The van der Waals surface area contributed by atoms with E-state index in [1.165, 1.54) is 13.8 Å². The molecular formula is C10H18N2O3S. The highest BCUT2D eigenvalue weighted by atomic mass is 32.2. The van der Waals surface area contributed by atoms with Gasteiger partial charge in [0.25, 0.3) is 15.9 Å². The van der Waals surface area contributed by atoms with Crippen LogP contribution in [0.25, 0.3) is 0 Å². The van der Waals surface area contributed by atoms with E-state index in [1.807, 2.05) is 0 Å². The first kappa shape index (κ1) is 11.9. The number of amides is 1. The molecule has 1 aliphatic heterocycles. The summed E-state index contributed by atoms with van der Waals surface area (Å²) in [5.41, 5.74) is 5.61. The second kappa shape index (κ2) is 3.43. The van der Waals surface area contributed by atoms with Crippen molar-refractivity contribution in [2.45, 2.75) is 43.9 Å². The fraction of sp³-hybridized carbons (Fsp3) is 0.900. The molecule has 2 rings (SSSR count). The molecule has 1 saturated heterocycles. The zero-order chi connectivity index (χ0) is 12.1. The topological polar surface area (TPSA) is 80.5 Å². The van der Waals surface area contributed by atoms with Crippen LogP contribution in [0.1, 0.15) is 33.1 Å². The molecule has 6 heteroatoms. The summed E-state index contributed by atoms with van der Waals surface area (Å²) in [4.78, 5) is 11.9. The largest absolute Gasteiger partial charge is 0.330 e. The van der Waals surface area contributed by atoms with Gasteiger partial charge in [-0.15, -0.1) is 0 Å². The molecule has 0 bridgehead atoms. The first-order chi connectivity index (χ1) is 7.34. The van der Waals surface area contributed by atoms with E-state index >= 15 is 0 Å². The Kier molecular flexibility index (Phi) is 2.54. The highest BCUT2D eigenvalue weighted by Gasteiger charge is 2.63. The minimum atomic E-state index is -3.45. The van der Waals surface area contributed by atoms with Crippen LogP contribution < -0.4 is 5.73 Å². The Morgan fingerprint density at radius 1 is 1.44 bits per heavy atom. The van der Waals surface area contributed by atoms with Crippen molar-refractivity contribution in [1.82, 2.24) is 4.31 Å². The third-order valence-corrected chi connectivity index (χ3v) is 6.26. The summed E-state index contributed by atoms with van der Waals surface area (Å²) in [6, 6.07) is -0.199. The summed E-state index contributed by atoms with van der Waals surface area (Å²) >= 11 is 0. The van der Waals surface area contributed by atoms with Crippen molar-refractivity contribution in [1.29, 1.82) is 0 Å². The summed E-state index contributed by atoms with van der Waals surface area (Å²) in [7, 11) is -3.45. The molecular weight excluding hydrogens is 228 g/mol. The Bertz CT molecular complexity index is 416. The van der Waals surface area contributed by atoms with Crippen LogP contribution in [0.2, 0.25) is 0 Å². The van der Waals surface area contributed by atoms with Crippen molar-refractivity contribution in [2.75, 3.05) is 6.54 Å². The van der Waals surface area contributed by atoms with Crippen LogP contribution in [0.15, 0.2) is 0 Å². The van der Waals surface area contributed by atoms with Gasteiger partial charge in [0.2, 0.25) is 0 Å². The van der Waals surface area contributed by atoms with Gasteiger partial charge in [0.1, 0.15) is 0 Å². The van der Waals surface area contributed by atoms with Gasteiger partial charge in [0, 0.05) is 0 Å². The van der Waals surface area contributed by atoms with Crippen molar-refractivity contribution in [3.8, 4) is 0 Å². The second-order valence-corrected chi connectivity index (χ2v) is 7.47. The van der Waals surface area contributed by atoms with Gasteiger partial charge in [0.15, 0.2) is 4.75 Å². The van der Waals surface area contributed by atoms with E-state index in [1.54, 1.807) is 0 Å². The lowest BCUT2D eigenvalue weighted by atomic mass is 10.0. The van der Waals surface area contributed by atoms with Crippen LogP contribution in [0, 0.1) is 5.92 Å². The quantitative estimate of drug-likeness (QED) is 0.747. The number of nitrogens with two attached hydrogens (primary N) is 1. The van der Waals surface area contributed by atoms with E-state index < -0.39 is 14.8 Å². The molecule has 1 saturated carbocycles. The van der Waals surface area contributed by atoms with Crippen LogP contribution in [-0.2, 0) is 14.8 Å². The molecule has 2 aliphatic rings. The summed E-state index contributed by atoms with van der Waals surface area (Å²) in [5.74, 6) is -0.146. The zero-order valence-electron chi connectivity index (χ0n) is 9.64. The van der Waals surface area contributed by atoms with Crippen molar-refractivity contribution in [3.05, 3.63) is 0 Å². The number of carbonyl (C=O) groups excluding carboxylic acids is 1. The molecule has 5 nitrogen and oxygen atoms in total. The van der Waals surface area contributed by atoms with E-state index in [0.717, 1.165) is 23.6 Å². The van der Waals surface area contributed by atoms with E-state index in [-0.39, 0.29) is 17.9 Å². The zero-order valence-corrected chi connectivity index (χ0v) is 10.5. The minimum absolute atomic E-state index is 0.134. The van der Waals surface area contributed by atoms with E-state index in [0.29, 0.717) is 6.54 Å². The average Bonchev–Trinajstić information content (AvgIpc) is 2.65. The van der Waals surface area contributed by atoms with Gasteiger partial charge < -0.3 is 5.73 Å². The van der Waals surface area contributed by atoms with Gasteiger partial charge >= 0.3 is 0 Å². The minimum Gasteiger partial charge on any atom is -0.330 e. The molecule has 1 amide bonds. The third-order valence-electron chi connectivity index (χ3n) is 3.84. The van der Waals surface area contributed by atoms with Crippen LogP contribution in [-0.4, -0.2) is 36.0 Å². The van der Waals surface area contributed by atoms with Gasteiger partial charge in [-0.3, -0.25) is 4.79 Å². The fourth-order valence-electron chi connectivity index (χ4n) is 2.62. The molecule has 0 radical (unpaired) electrons. The van der Waals surface area contributed by atoms with Gasteiger partial charge in [-0.05, 0) is 39.2 Å². The SMILES string of the molecule is CC1(C)C(=O)N(C2CCCC2CN)S1(=O)=O. The predicted molar refractivity (Wildman–Crippen MR) is 60.0 cm³/mol. The first-order valence-electron chi connectivity index (χ1n) is 5.62. The number of hydrogen-bond acceptors (Lipinski definition) is 4. The van der Waals surface area contributed by atoms with Crippen LogP contribution >= 0.6 is 0 Å². The van der Waals surface area contributed by atoms with Crippen LogP contribution in [0.4, 0.5) is 0 Å². The number of rotatable bonds is 2. The fourth-order valence-corrected chi connectivity index (χ4v) is 4.38. The van der Waals surface area contributed by atoms with Crippen molar-refractivity contribution >= 4 is 15.9 Å². The van der Waals surface area contributed by atoms with Gasteiger partial charge in [0.05, 0.1) is 6.04 Å². The highest BCUT2D eigenvalue weighted by molar-refractivity contribution is 7.94. The van der Waals surface area contributed by atoms with Crippen molar-refractivity contribution < 1.29 is 13.2 Å². The van der Waals surface area contributed by atoms with E-state index in [9.17, 15) is 13.2 Å². The Balaban J connectivity index is 2.28. The Morgan fingerprint density at radius 2 is 2.06 bits per heavy atom. The lowest BCUT2D eigenvalue weighted by Gasteiger charge is -2.47. The Hall–Kier alpha value is -0.620. The monoisotopic (exact) mass is 246 g/mol. The maximum Gasteiger partial charge on any atom is 0.259 e. The molecule has 1 aliphatic carbocycles. The van der Waals surface area contributed by atoms with Crippen molar-refractivity contribution in [3.63, 3.8) is 0 Å². The number of sulfonamides is 1. The van der Waals surface area contributed by atoms with Crippen LogP contribution in [0.5, 0.6) is 0 Å². The lowest BCUT2D eigenvalue weighted by molar-refractivity contribution is -0.134. The number of hydrogen-bond donors (Lipinski definition) is 1. The number of nitrogens with zero attached hydrogens (tertiary/aromatic N) is 1. The molecule has 16 heavy (non-hydrogen) atoms. The summed E-state index contributed by atoms with van der Waals surface area (Å²) in [6.07, 6.45) is 2.62. The molecule has 92 valence electrons. The van der Waals surface area contributed by atoms with Gasteiger partial charge in [-0.2, -0.15) is 0 Å². The molecule has 2 atom stereocenters. The molecule has 1 heterocycles. The lowest BCUT2D eigenvalue weighted by Crippen LogP contribution is -2.70. The second-order valence-electron chi connectivity index (χ2n) is 5.11.